The number of H-pyrrole nitrogens is 1. The molecule has 0 unspecified atom stereocenters. The molecule has 4 rings (SSSR count). The molecular formula is C16H14N4S. The van der Waals surface area contributed by atoms with Crippen LogP contribution in [-0.2, 0) is 0 Å². The van der Waals surface area contributed by atoms with E-state index in [1.165, 1.54) is 0 Å². The molecule has 0 aliphatic heterocycles. The van der Waals surface area contributed by atoms with E-state index in [2.05, 4.69) is 15.0 Å². The van der Waals surface area contributed by atoms with Crippen molar-refractivity contribution in [3.05, 3.63) is 65.5 Å². The molecule has 0 atom stereocenters. The van der Waals surface area contributed by atoms with Crippen molar-refractivity contribution in [3.8, 4) is 11.5 Å². The van der Waals surface area contributed by atoms with Gasteiger partial charge < -0.3 is 10.7 Å². The van der Waals surface area contributed by atoms with Gasteiger partial charge in [0.05, 0.1) is 16.5 Å². The summed E-state index contributed by atoms with van der Waals surface area (Å²) < 4.78 is 0. The number of nitrogens with zero attached hydrogens (tertiary/aromatic N) is 2. The minimum atomic E-state index is 0.822. The predicted molar refractivity (Wildman–Crippen MR) is 88.1 cm³/mol. The number of hydrogen-bond donors (Lipinski definition) is 2. The van der Waals surface area contributed by atoms with Gasteiger partial charge in [-0.05, 0) is 24.3 Å². The fourth-order valence-corrected chi connectivity index (χ4v) is 2.39. The Morgan fingerprint density at radius 1 is 0.952 bits per heavy atom. The number of anilines is 1. The zero-order chi connectivity index (χ0) is 14.5. The van der Waals surface area contributed by atoms with E-state index in [1.807, 2.05) is 65.5 Å². The van der Waals surface area contributed by atoms with Gasteiger partial charge in [0.25, 0.3) is 0 Å². The summed E-state index contributed by atoms with van der Waals surface area (Å²) in [6.07, 6.45) is 0. The molecule has 0 bridgehead atoms. The molecule has 104 valence electrons. The fourth-order valence-electron chi connectivity index (χ4n) is 1.86. The summed E-state index contributed by atoms with van der Waals surface area (Å²) in [5.41, 5.74) is 10.9. The number of imidazole rings is 1. The first-order chi connectivity index (χ1) is 10.3. The van der Waals surface area contributed by atoms with Crippen LogP contribution in [0, 0.1) is 0 Å². The molecule has 2 aromatic heterocycles. The lowest BCUT2D eigenvalue weighted by Gasteiger charge is -1.84. The molecule has 0 aliphatic rings. The van der Waals surface area contributed by atoms with E-state index in [9.17, 15) is 0 Å². The third-order valence-corrected chi connectivity index (χ3v) is 3.45. The topological polar surface area (TPSA) is 67.6 Å². The summed E-state index contributed by atoms with van der Waals surface area (Å²) in [7, 11) is 0. The second kappa shape index (κ2) is 6.19. The number of aromatic nitrogens is 3. The van der Waals surface area contributed by atoms with E-state index in [0.29, 0.717) is 0 Å². The van der Waals surface area contributed by atoms with Gasteiger partial charge in [-0.1, -0.05) is 30.3 Å². The van der Waals surface area contributed by atoms with Crippen molar-refractivity contribution in [2.45, 2.75) is 0 Å². The van der Waals surface area contributed by atoms with Crippen LogP contribution in [0.5, 0.6) is 0 Å². The quantitative estimate of drug-likeness (QED) is 0.522. The maximum absolute atomic E-state index is 5.36. The van der Waals surface area contributed by atoms with Crippen molar-refractivity contribution >= 4 is 28.1 Å². The average molecular weight is 294 g/mol. The highest BCUT2D eigenvalue weighted by molar-refractivity contribution is 7.07. The molecule has 0 spiro atoms. The third-order valence-electron chi connectivity index (χ3n) is 2.86. The molecule has 5 heteroatoms. The highest BCUT2D eigenvalue weighted by atomic mass is 32.1. The molecule has 0 aliphatic carbocycles. The molecule has 3 N–H and O–H groups in total. The first kappa shape index (κ1) is 13.3. The third kappa shape index (κ3) is 3.27. The Morgan fingerprint density at radius 3 is 2.33 bits per heavy atom. The summed E-state index contributed by atoms with van der Waals surface area (Å²) in [6, 6.07) is 17.5. The maximum atomic E-state index is 5.36. The first-order valence-corrected chi connectivity index (χ1v) is 7.41. The van der Waals surface area contributed by atoms with Crippen molar-refractivity contribution in [1.29, 1.82) is 0 Å². The van der Waals surface area contributed by atoms with E-state index in [0.717, 1.165) is 28.2 Å². The van der Waals surface area contributed by atoms with Crippen LogP contribution in [0.2, 0.25) is 0 Å². The molecule has 0 saturated carbocycles. The Labute approximate surface area is 126 Å². The van der Waals surface area contributed by atoms with Crippen LogP contribution in [0.25, 0.3) is 22.6 Å². The average Bonchev–Trinajstić information content (AvgIpc) is 3.18. The number of thiazole rings is 1. The monoisotopic (exact) mass is 294 g/mol. The van der Waals surface area contributed by atoms with Gasteiger partial charge in [-0.2, -0.15) is 0 Å². The first-order valence-electron chi connectivity index (χ1n) is 6.47. The molecule has 0 amide bonds. The zero-order valence-corrected chi connectivity index (χ0v) is 12.0. The minimum absolute atomic E-state index is 0.822. The van der Waals surface area contributed by atoms with Gasteiger partial charge in [0.1, 0.15) is 5.69 Å². The van der Waals surface area contributed by atoms with Gasteiger partial charge in [-0.25, -0.2) is 9.97 Å². The number of para-hydroxylation sites is 3. The molecule has 0 saturated heterocycles. The van der Waals surface area contributed by atoms with Gasteiger partial charge in [0.15, 0.2) is 5.82 Å². The second-order valence-corrected chi connectivity index (χ2v) is 5.11. The van der Waals surface area contributed by atoms with Crippen LogP contribution in [0.3, 0.4) is 0 Å². The van der Waals surface area contributed by atoms with Crippen LogP contribution >= 0.6 is 11.3 Å². The van der Waals surface area contributed by atoms with Crippen LogP contribution in [0.4, 0.5) is 5.69 Å². The Kier molecular flexibility index (Phi) is 3.93. The van der Waals surface area contributed by atoms with Crippen LogP contribution < -0.4 is 5.73 Å². The number of nitrogen functional groups attached to an aromatic ring is 1. The predicted octanol–water partition coefficient (Wildman–Crippen LogP) is 3.96. The Balaban J connectivity index is 0.000000160. The number of aromatic amines is 1. The number of benzene rings is 2. The van der Waals surface area contributed by atoms with E-state index in [1.54, 1.807) is 11.3 Å². The van der Waals surface area contributed by atoms with Gasteiger partial charge >= 0.3 is 0 Å². The highest BCUT2D eigenvalue weighted by Gasteiger charge is 2.05. The lowest BCUT2D eigenvalue weighted by Crippen LogP contribution is -1.79. The largest absolute Gasteiger partial charge is 0.399 e. The Hall–Kier alpha value is -2.66. The Morgan fingerprint density at radius 2 is 1.71 bits per heavy atom. The fraction of sp³-hybridized carbons (Fsp3) is 0. The summed E-state index contributed by atoms with van der Waals surface area (Å²) in [5, 5.41) is 1.98. The summed E-state index contributed by atoms with van der Waals surface area (Å²) in [6.45, 7) is 0. The van der Waals surface area contributed by atoms with Crippen molar-refractivity contribution in [2.24, 2.45) is 0 Å². The summed E-state index contributed by atoms with van der Waals surface area (Å²) in [4.78, 5) is 11.9. The lowest BCUT2D eigenvalue weighted by atomic mass is 10.3. The van der Waals surface area contributed by atoms with Crippen molar-refractivity contribution in [2.75, 3.05) is 5.73 Å². The molecule has 0 radical (unpaired) electrons. The maximum Gasteiger partial charge on any atom is 0.158 e. The molecule has 2 heterocycles. The second-order valence-electron chi connectivity index (χ2n) is 4.39. The standard InChI is InChI=1S/C10H7N3S.C6H7N/c1-2-4-8-7(3-1)12-10(13-8)9-5-14-6-11-9;7-6-4-2-1-3-5-6/h1-6H,(H,12,13);1-5H,7H2. The number of nitrogens with one attached hydrogen (secondary N) is 1. The van der Waals surface area contributed by atoms with Gasteiger partial charge in [0, 0.05) is 11.1 Å². The number of nitrogens with two attached hydrogens (primary N) is 1. The molecule has 2 aromatic carbocycles. The number of fused-ring (bicyclic) bond motifs is 1. The molecule has 4 nitrogen and oxygen atoms in total. The molecular weight excluding hydrogens is 280 g/mol. The summed E-state index contributed by atoms with van der Waals surface area (Å²) >= 11 is 1.57. The van der Waals surface area contributed by atoms with Crippen molar-refractivity contribution in [1.82, 2.24) is 15.0 Å². The van der Waals surface area contributed by atoms with Crippen LogP contribution in [0.15, 0.2) is 65.5 Å². The Bertz CT molecular complexity index is 774. The van der Waals surface area contributed by atoms with E-state index in [4.69, 9.17) is 5.73 Å². The normalized spacial score (nSPS) is 10.1. The van der Waals surface area contributed by atoms with Gasteiger partial charge in [-0.15, -0.1) is 11.3 Å². The van der Waals surface area contributed by atoms with Crippen molar-refractivity contribution in [3.63, 3.8) is 0 Å². The van der Waals surface area contributed by atoms with E-state index < -0.39 is 0 Å². The van der Waals surface area contributed by atoms with Crippen molar-refractivity contribution < 1.29 is 0 Å². The number of hydrogen-bond acceptors (Lipinski definition) is 4. The zero-order valence-electron chi connectivity index (χ0n) is 11.2. The minimum Gasteiger partial charge on any atom is -0.399 e. The van der Waals surface area contributed by atoms with E-state index in [-0.39, 0.29) is 0 Å². The molecule has 4 aromatic rings. The smallest absolute Gasteiger partial charge is 0.158 e. The van der Waals surface area contributed by atoms with E-state index >= 15 is 0 Å². The molecule has 21 heavy (non-hydrogen) atoms. The number of rotatable bonds is 1. The highest BCUT2D eigenvalue weighted by Crippen LogP contribution is 2.19. The SMILES string of the molecule is Nc1ccccc1.c1ccc2[nH]c(-c3cscn3)nc2c1. The summed E-state index contributed by atoms with van der Waals surface area (Å²) in [5.74, 6) is 0.840. The van der Waals surface area contributed by atoms with Gasteiger partial charge in [0.2, 0.25) is 0 Å². The van der Waals surface area contributed by atoms with Crippen LogP contribution in [0.1, 0.15) is 0 Å². The van der Waals surface area contributed by atoms with Gasteiger partial charge in [-0.3, -0.25) is 0 Å². The lowest BCUT2D eigenvalue weighted by molar-refractivity contribution is 1.27. The van der Waals surface area contributed by atoms with Crippen LogP contribution in [-0.4, -0.2) is 15.0 Å². The molecule has 0 fully saturated rings.